The second-order valence-electron chi connectivity index (χ2n) is 4.82. The summed E-state index contributed by atoms with van der Waals surface area (Å²) in [6.07, 6.45) is 0. The first-order valence-electron chi connectivity index (χ1n) is 5.73. The highest BCUT2D eigenvalue weighted by molar-refractivity contribution is 6.58. The number of halogens is 1. The lowest BCUT2D eigenvalue weighted by atomic mass is 9.80. The molecule has 1 aromatic rings. The Labute approximate surface area is 102 Å². The third-order valence-electron chi connectivity index (χ3n) is 2.49. The van der Waals surface area contributed by atoms with Crippen LogP contribution in [0.4, 0.5) is 4.39 Å². The van der Waals surface area contributed by atoms with Crippen molar-refractivity contribution in [2.24, 2.45) is 5.92 Å². The molecule has 0 heterocycles. The van der Waals surface area contributed by atoms with Gasteiger partial charge in [0, 0.05) is 18.7 Å². The molecule has 0 aliphatic rings. The van der Waals surface area contributed by atoms with Gasteiger partial charge in [-0.1, -0.05) is 26.0 Å². The molecular formula is C12H19BFNO2. The van der Waals surface area contributed by atoms with Crippen molar-refractivity contribution < 1.29 is 14.4 Å². The first-order valence-corrected chi connectivity index (χ1v) is 5.73. The van der Waals surface area contributed by atoms with Crippen molar-refractivity contribution in [3.8, 4) is 0 Å². The van der Waals surface area contributed by atoms with Gasteiger partial charge in [0.05, 0.1) is 0 Å². The number of hydrogen-bond donors (Lipinski definition) is 2. The minimum atomic E-state index is -1.62. The maximum atomic E-state index is 13.7. The number of nitrogens with zero attached hydrogens (tertiary/aromatic N) is 1. The van der Waals surface area contributed by atoms with Gasteiger partial charge in [0.15, 0.2) is 0 Å². The molecule has 1 rings (SSSR count). The zero-order valence-corrected chi connectivity index (χ0v) is 10.5. The van der Waals surface area contributed by atoms with E-state index in [1.54, 1.807) is 6.07 Å². The van der Waals surface area contributed by atoms with Crippen LogP contribution in [-0.2, 0) is 6.54 Å². The molecule has 1 aromatic carbocycles. The molecule has 0 radical (unpaired) electrons. The number of hydrogen-bond acceptors (Lipinski definition) is 3. The fourth-order valence-electron chi connectivity index (χ4n) is 1.83. The van der Waals surface area contributed by atoms with Crippen LogP contribution >= 0.6 is 0 Å². The van der Waals surface area contributed by atoms with Gasteiger partial charge in [0.1, 0.15) is 5.82 Å². The first kappa shape index (κ1) is 14.2. The van der Waals surface area contributed by atoms with E-state index in [1.807, 2.05) is 11.9 Å². The van der Waals surface area contributed by atoms with E-state index in [1.165, 1.54) is 12.1 Å². The Kier molecular flexibility index (Phi) is 5.12. The second-order valence-corrected chi connectivity index (χ2v) is 4.82. The quantitative estimate of drug-likeness (QED) is 0.739. The highest BCUT2D eigenvalue weighted by Gasteiger charge is 2.14. The van der Waals surface area contributed by atoms with Crippen molar-refractivity contribution in [2.75, 3.05) is 13.6 Å². The monoisotopic (exact) mass is 239 g/mol. The Hall–Kier alpha value is -0.905. The standard InChI is InChI=1S/C12H19BFNO2/c1-9(2)7-15(3)8-10-4-5-11(13(16)17)6-12(10)14/h4-6,9,16-17H,7-8H2,1-3H3. The van der Waals surface area contributed by atoms with E-state index in [0.29, 0.717) is 18.0 Å². The molecule has 94 valence electrons. The van der Waals surface area contributed by atoms with Gasteiger partial charge >= 0.3 is 7.12 Å². The largest absolute Gasteiger partial charge is 0.488 e. The van der Waals surface area contributed by atoms with Crippen LogP contribution in [0.15, 0.2) is 18.2 Å². The summed E-state index contributed by atoms with van der Waals surface area (Å²) >= 11 is 0. The topological polar surface area (TPSA) is 43.7 Å². The summed E-state index contributed by atoms with van der Waals surface area (Å²) in [6, 6.07) is 4.30. The molecule has 0 saturated heterocycles. The van der Waals surface area contributed by atoms with Crippen LogP contribution in [0.25, 0.3) is 0 Å². The van der Waals surface area contributed by atoms with Gasteiger partial charge < -0.3 is 14.9 Å². The van der Waals surface area contributed by atoms with E-state index in [4.69, 9.17) is 10.0 Å². The molecule has 0 fully saturated rings. The molecule has 0 aromatic heterocycles. The number of benzene rings is 1. The molecule has 0 aliphatic heterocycles. The third-order valence-corrected chi connectivity index (χ3v) is 2.49. The van der Waals surface area contributed by atoms with Crippen LogP contribution in [0.2, 0.25) is 0 Å². The van der Waals surface area contributed by atoms with E-state index >= 15 is 0 Å². The van der Waals surface area contributed by atoms with E-state index in [-0.39, 0.29) is 5.46 Å². The summed E-state index contributed by atoms with van der Waals surface area (Å²) in [5.74, 6) is 0.132. The molecule has 3 nitrogen and oxygen atoms in total. The highest BCUT2D eigenvalue weighted by atomic mass is 19.1. The van der Waals surface area contributed by atoms with Gasteiger partial charge in [0.25, 0.3) is 0 Å². The molecule has 0 atom stereocenters. The fraction of sp³-hybridized carbons (Fsp3) is 0.500. The summed E-state index contributed by atoms with van der Waals surface area (Å²) in [6.45, 7) is 5.63. The molecule has 5 heteroatoms. The summed E-state index contributed by atoms with van der Waals surface area (Å²) < 4.78 is 13.7. The third kappa shape index (κ3) is 4.46. The summed E-state index contributed by atoms with van der Waals surface area (Å²) in [7, 11) is 0.320. The minimum Gasteiger partial charge on any atom is -0.423 e. The van der Waals surface area contributed by atoms with Crippen LogP contribution in [0.5, 0.6) is 0 Å². The van der Waals surface area contributed by atoms with Gasteiger partial charge in [0.2, 0.25) is 0 Å². The van der Waals surface area contributed by atoms with Crippen LogP contribution in [0, 0.1) is 11.7 Å². The Morgan fingerprint density at radius 1 is 1.35 bits per heavy atom. The molecule has 2 N–H and O–H groups in total. The van der Waals surface area contributed by atoms with Gasteiger partial charge in [-0.3, -0.25) is 0 Å². The van der Waals surface area contributed by atoms with Crippen molar-refractivity contribution >= 4 is 12.6 Å². The Balaban J connectivity index is 2.72. The van der Waals surface area contributed by atoms with Crippen LogP contribution in [0.3, 0.4) is 0 Å². The molecular weight excluding hydrogens is 220 g/mol. The molecule has 0 aliphatic carbocycles. The summed E-state index contributed by atoms with van der Waals surface area (Å²) in [5.41, 5.74) is 0.746. The van der Waals surface area contributed by atoms with Crippen LogP contribution in [-0.4, -0.2) is 35.7 Å². The summed E-state index contributed by atoms with van der Waals surface area (Å²) in [4.78, 5) is 2.04. The zero-order chi connectivity index (χ0) is 13.0. The lowest BCUT2D eigenvalue weighted by molar-refractivity contribution is 0.284. The van der Waals surface area contributed by atoms with Crippen LogP contribution in [0.1, 0.15) is 19.4 Å². The van der Waals surface area contributed by atoms with E-state index < -0.39 is 12.9 Å². The fourth-order valence-corrected chi connectivity index (χ4v) is 1.83. The lowest BCUT2D eigenvalue weighted by Gasteiger charge is -2.19. The molecule has 0 unspecified atom stereocenters. The number of rotatable bonds is 5. The normalized spacial score (nSPS) is 11.3. The Morgan fingerprint density at radius 3 is 2.47 bits per heavy atom. The van der Waals surface area contributed by atoms with Crippen molar-refractivity contribution in [2.45, 2.75) is 20.4 Å². The van der Waals surface area contributed by atoms with Crippen molar-refractivity contribution in [3.63, 3.8) is 0 Å². The second kappa shape index (κ2) is 6.14. The average molecular weight is 239 g/mol. The van der Waals surface area contributed by atoms with Crippen molar-refractivity contribution in [1.29, 1.82) is 0 Å². The maximum Gasteiger partial charge on any atom is 0.488 e. The van der Waals surface area contributed by atoms with Gasteiger partial charge in [-0.05, 0) is 24.5 Å². The molecule has 0 saturated carbocycles. The van der Waals surface area contributed by atoms with Gasteiger partial charge in [-0.2, -0.15) is 0 Å². The summed E-state index contributed by atoms with van der Waals surface area (Å²) in [5, 5.41) is 17.8. The molecule has 17 heavy (non-hydrogen) atoms. The van der Waals surface area contributed by atoms with E-state index in [2.05, 4.69) is 13.8 Å². The SMILES string of the molecule is CC(C)CN(C)Cc1ccc(B(O)O)cc1F. The van der Waals surface area contributed by atoms with Crippen molar-refractivity contribution in [1.82, 2.24) is 4.90 Å². The zero-order valence-electron chi connectivity index (χ0n) is 10.5. The molecule has 0 spiro atoms. The smallest absolute Gasteiger partial charge is 0.423 e. The minimum absolute atomic E-state index is 0.178. The molecule has 0 bridgehead atoms. The Bertz CT molecular complexity index is 372. The highest BCUT2D eigenvalue weighted by Crippen LogP contribution is 2.09. The van der Waals surface area contributed by atoms with Crippen LogP contribution < -0.4 is 5.46 Å². The van der Waals surface area contributed by atoms with E-state index in [0.717, 1.165) is 6.54 Å². The molecule has 0 amide bonds. The van der Waals surface area contributed by atoms with E-state index in [9.17, 15) is 4.39 Å². The van der Waals surface area contributed by atoms with Gasteiger partial charge in [-0.25, -0.2) is 4.39 Å². The maximum absolute atomic E-state index is 13.7. The predicted octanol–water partition coefficient (Wildman–Crippen LogP) is 0.593. The average Bonchev–Trinajstić information content (AvgIpc) is 2.19. The first-order chi connectivity index (χ1) is 7.90. The Morgan fingerprint density at radius 2 is 2.00 bits per heavy atom. The predicted molar refractivity (Wildman–Crippen MR) is 67.4 cm³/mol. The van der Waals surface area contributed by atoms with Crippen molar-refractivity contribution in [3.05, 3.63) is 29.6 Å². The lowest BCUT2D eigenvalue weighted by Crippen LogP contribution is -2.30. The van der Waals surface area contributed by atoms with Gasteiger partial charge in [-0.15, -0.1) is 0 Å².